The minimum Gasteiger partial charge on any atom is -0.312 e. The van der Waals surface area contributed by atoms with Gasteiger partial charge in [0, 0.05) is 25.4 Å². The van der Waals surface area contributed by atoms with E-state index in [1.54, 1.807) is 0 Å². The quantitative estimate of drug-likeness (QED) is 0.835. The number of likely N-dealkylation sites (tertiary alicyclic amines) is 1. The Morgan fingerprint density at radius 2 is 2.18 bits per heavy atom. The minimum absolute atomic E-state index is 0.856. The molecule has 1 fully saturated rings. The molecule has 4 nitrogen and oxygen atoms in total. The van der Waals surface area contributed by atoms with E-state index in [1.807, 2.05) is 17.9 Å². The van der Waals surface area contributed by atoms with Crippen LogP contribution >= 0.6 is 0 Å². The summed E-state index contributed by atoms with van der Waals surface area (Å²) < 4.78 is 1.86. The maximum Gasteiger partial charge on any atom is 0.0534 e. The highest BCUT2D eigenvalue weighted by molar-refractivity contribution is 5.02. The van der Waals surface area contributed by atoms with E-state index in [-0.39, 0.29) is 0 Å². The molecule has 0 aliphatic carbocycles. The Bertz CT molecular complexity index is 326. The number of nitrogens with zero attached hydrogens (tertiary/aromatic N) is 3. The second-order valence-corrected chi connectivity index (χ2v) is 5.03. The standard InChI is InChI=1S/C13H24N4/c1-3-17-6-4-12(5-7-17)8-14-9-13-10-15-16(2)11-13/h10-12,14H,3-9H2,1-2H3. The van der Waals surface area contributed by atoms with Gasteiger partial charge in [-0.15, -0.1) is 0 Å². The van der Waals surface area contributed by atoms with Crippen molar-refractivity contribution >= 4 is 0 Å². The molecule has 0 spiro atoms. The van der Waals surface area contributed by atoms with Gasteiger partial charge in [0.1, 0.15) is 0 Å². The molecule has 1 aromatic heterocycles. The normalized spacial score (nSPS) is 18.7. The van der Waals surface area contributed by atoms with Crippen LogP contribution in [0.5, 0.6) is 0 Å². The zero-order valence-electron chi connectivity index (χ0n) is 11.0. The average Bonchev–Trinajstić information content (AvgIpc) is 2.76. The van der Waals surface area contributed by atoms with Gasteiger partial charge in [0.2, 0.25) is 0 Å². The van der Waals surface area contributed by atoms with Crippen molar-refractivity contribution in [3.63, 3.8) is 0 Å². The lowest BCUT2D eigenvalue weighted by Gasteiger charge is -2.31. The van der Waals surface area contributed by atoms with E-state index in [0.717, 1.165) is 19.0 Å². The molecule has 17 heavy (non-hydrogen) atoms. The molecular formula is C13H24N4. The summed E-state index contributed by atoms with van der Waals surface area (Å²) in [6, 6.07) is 0. The number of hydrogen-bond donors (Lipinski definition) is 1. The zero-order chi connectivity index (χ0) is 12.1. The van der Waals surface area contributed by atoms with E-state index in [0.29, 0.717) is 0 Å². The number of piperidine rings is 1. The predicted molar refractivity (Wildman–Crippen MR) is 69.8 cm³/mol. The maximum absolute atomic E-state index is 4.17. The van der Waals surface area contributed by atoms with Gasteiger partial charge in [-0.3, -0.25) is 4.68 Å². The first-order chi connectivity index (χ1) is 8.28. The van der Waals surface area contributed by atoms with Gasteiger partial charge < -0.3 is 10.2 Å². The molecule has 4 heteroatoms. The van der Waals surface area contributed by atoms with E-state index in [1.165, 1.54) is 38.0 Å². The third kappa shape index (κ3) is 3.82. The van der Waals surface area contributed by atoms with Gasteiger partial charge in [0.25, 0.3) is 0 Å². The first-order valence-corrected chi connectivity index (χ1v) is 6.68. The van der Waals surface area contributed by atoms with Crippen molar-refractivity contribution in [1.29, 1.82) is 0 Å². The Hall–Kier alpha value is -0.870. The second-order valence-electron chi connectivity index (χ2n) is 5.03. The highest BCUT2D eigenvalue weighted by Crippen LogP contribution is 2.15. The van der Waals surface area contributed by atoms with Gasteiger partial charge in [0.05, 0.1) is 6.20 Å². The lowest BCUT2D eigenvalue weighted by Crippen LogP contribution is -2.36. The summed E-state index contributed by atoms with van der Waals surface area (Å²) in [7, 11) is 1.96. The van der Waals surface area contributed by atoms with Gasteiger partial charge in [0.15, 0.2) is 0 Å². The average molecular weight is 236 g/mol. The third-order valence-corrected chi connectivity index (χ3v) is 3.67. The van der Waals surface area contributed by atoms with E-state index in [2.05, 4.69) is 28.4 Å². The molecule has 0 aromatic carbocycles. The van der Waals surface area contributed by atoms with Crippen LogP contribution in [0.1, 0.15) is 25.3 Å². The topological polar surface area (TPSA) is 33.1 Å². The van der Waals surface area contributed by atoms with Crippen LogP contribution < -0.4 is 5.32 Å². The molecule has 0 radical (unpaired) electrons. The van der Waals surface area contributed by atoms with Crippen LogP contribution in [0.25, 0.3) is 0 Å². The molecular weight excluding hydrogens is 212 g/mol. The zero-order valence-corrected chi connectivity index (χ0v) is 11.0. The van der Waals surface area contributed by atoms with Crippen LogP contribution in [0.2, 0.25) is 0 Å². The molecule has 0 atom stereocenters. The molecule has 0 unspecified atom stereocenters. The molecule has 2 heterocycles. The molecule has 1 aliphatic heterocycles. The summed E-state index contributed by atoms with van der Waals surface area (Å²) in [5.74, 6) is 0.856. The van der Waals surface area contributed by atoms with E-state index in [9.17, 15) is 0 Å². The summed E-state index contributed by atoms with van der Waals surface area (Å²) in [6.45, 7) is 8.09. The highest BCUT2D eigenvalue weighted by Gasteiger charge is 2.17. The highest BCUT2D eigenvalue weighted by atomic mass is 15.2. The van der Waals surface area contributed by atoms with Gasteiger partial charge in [-0.1, -0.05) is 6.92 Å². The van der Waals surface area contributed by atoms with Crippen molar-refractivity contribution in [2.45, 2.75) is 26.3 Å². The number of hydrogen-bond acceptors (Lipinski definition) is 3. The lowest BCUT2D eigenvalue weighted by molar-refractivity contribution is 0.190. The first kappa shape index (κ1) is 12.6. The first-order valence-electron chi connectivity index (χ1n) is 6.68. The molecule has 2 rings (SSSR count). The summed E-state index contributed by atoms with van der Waals surface area (Å²) in [6.07, 6.45) is 6.70. The molecule has 0 saturated carbocycles. The Morgan fingerprint density at radius 1 is 1.41 bits per heavy atom. The van der Waals surface area contributed by atoms with Crippen molar-refractivity contribution in [1.82, 2.24) is 20.0 Å². The van der Waals surface area contributed by atoms with Crippen LogP contribution in [0.4, 0.5) is 0 Å². The predicted octanol–water partition coefficient (Wildman–Crippen LogP) is 1.24. The Morgan fingerprint density at radius 3 is 2.76 bits per heavy atom. The Balaban J connectivity index is 1.63. The summed E-state index contributed by atoms with van der Waals surface area (Å²) >= 11 is 0. The number of aromatic nitrogens is 2. The fourth-order valence-electron chi connectivity index (χ4n) is 2.49. The van der Waals surface area contributed by atoms with Crippen LogP contribution in [0.3, 0.4) is 0 Å². The fraction of sp³-hybridized carbons (Fsp3) is 0.769. The second kappa shape index (κ2) is 6.17. The minimum atomic E-state index is 0.856. The Labute approximate surface area is 104 Å². The van der Waals surface area contributed by atoms with Crippen molar-refractivity contribution in [2.24, 2.45) is 13.0 Å². The van der Waals surface area contributed by atoms with Gasteiger partial charge >= 0.3 is 0 Å². The molecule has 96 valence electrons. The number of aryl methyl sites for hydroxylation is 1. The smallest absolute Gasteiger partial charge is 0.0534 e. The SMILES string of the molecule is CCN1CCC(CNCc2cnn(C)c2)CC1. The van der Waals surface area contributed by atoms with Gasteiger partial charge in [-0.25, -0.2) is 0 Å². The van der Waals surface area contributed by atoms with Crippen LogP contribution in [-0.4, -0.2) is 40.9 Å². The molecule has 0 amide bonds. The number of rotatable bonds is 5. The fourth-order valence-corrected chi connectivity index (χ4v) is 2.49. The van der Waals surface area contributed by atoms with Crippen molar-refractivity contribution in [2.75, 3.05) is 26.2 Å². The molecule has 1 N–H and O–H groups in total. The Kier molecular flexibility index (Phi) is 4.57. The summed E-state index contributed by atoms with van der Waals surface area (Å²) in [5.41, 5.74) is 1.28. The van der Waals surface area contributed by atoms with E-state index >= 15 is 0 Å². The maximum atomic E-state index is 4.17. The van der Waals surface area contributed by atoms with Crippen molar-refractivity contribution in [3.05, 3.63) is 18.0 Å². The summed E-state index contributed by atoms with van der Waals surface area (Å²) in [4.78, 5) is 2.54. The van der Waals surface area contributed by atoms with Crippen molar-refractivity contribution in [3.8, 4) is 0 Å². The molecule has 0 bridgehead atoms. The third-order valence-electron chi connectivity index (χ3n) is 3.67. The van der Waals surface area contributed by atoms with Crippen molar-refractivity contribution < 1.29 is 0 Å². The lowest BCUT2D eigenvalue weighted by atomic mass is 9.97. The largest absolute Gasteiger partial charge is 0.312 e. The molecule has 1 aliphatic rings. The van der Waals surface area contributed by atoms with E-state index < -0.39 is 0 Å². The molecule has 1 aromatic rings. The summed E-state index contributed by atoms with van der Waals surface area (Å²) in [5, 5.41) is 7.72. The van der Waals surface area contributed by atoms with E-state index in [4.69, 9.17) is 0 Å². The molecule has 1 saturated heterocycles. The number of nitrogens with one attached hydrogen (secondary N) is 1. The van der Waals surface area contributed by atoms with Gasteiger partial charge in [-0.2, -0.15) is 5.10 Å². The monoisotopic (exact) mass is 236 g/mol. The van der Waals surface area contributed by atoms with Crippen LogP contribution in [-0.2, 0) is 13.6 Å². The van der Waals surface area contributed by atoms with Crippen LogP contribution in [0, 0.1) is 5.92 Å². The van der Waals surface area contributed by atoms with Crippen LogP contribution in [0.15, 0.2) is 12.4 Å². The van der Waals surface area contributed by atoms with Gasteiger partial charge in [-0.05, 0) is 44.9 Å².